The number of aromatic nitrogens is 2. The lowest BCUT2D eigenvalue weighted by atomic mass is 10.1. The second-order valence-corrected chi connectivity index (χ2v) is 5.32. The van der Waals surface area contributed by atoms with Crippen LogP contribution in [0.2, 0.25) is 0 Å². The summed E-state index contributed by atoms with van der Waals surface area (Å²) in [4.78, 5) is 12.2. The molecule has 2 aromatic rings. The van der Waals surface area contributed by atoms with Crippen LogP contribution in [0.3, 0.4) is 0 Å². The fourth-order valence-electron chi connectivity index (χ4n) is 2.02. The van der Waals surface area contributed by atoms with Crippen molar-refractivity contribution in [1.82, 2.24) is 10.2 Å². The van der Waals surface area contributed by atoms with Gasteiger partial charge in [0.2, 0.25) is 0 Å². The molecule has 0 fully saturated rings. The summed E-state index contributed by atoms with van der Waals surface area (Å²) < 4.78 is 0. The molecule has 0 saturated carbocycles. The van der Waals surface area contributed by atoms with Crippen molar-refractivity contribution in [2.75, 3.05) is 10.6 Å². The summed E-state index contributed by atoms with van der Waals surface area (Å²) in [5.74, 6) is 0.407. The third-order valence-corrected chi connectivity index (χ3v) is 3.05. The highest BCUT2D eigenvalue weighted by atomic mass is 16.1. The van der Waals surface area contributed by atoms with Crippen molar-refractivity contribution in [3.05, 3.63) is 47.2 Å². The summed E-state index contributed by atoms with van der Waals surface area (Å²) in [7, 11) is 0. The molecule has 1 aromatic heterocycles. The van der Waals surface area contributed by atoms with Gasteiger partial charge >= 0.3 is 0 Å². The summed E-state index contributed by atoms with van der Waals surface area (Å²) in [5.41, 5.74) is 3.17. The van der Waals surface area contributed by atoms with E-state index in [1.165, 1.54) is 0 Å². The Hall–Kier alpha value is -2.43. The molecule has 1 aromatic carbocycles. The Morgan fingerprint density at radius 1 is 1.05 bits per heavy atom. The van der Waals surface area contributed by atoms with Crippen molar-refractivity contribution >= 4 is 17.4 Å². The van der Waals surface area contributed by atoms with E-state index in [2.05, 4.69) is 20.8 Å². The molecule has 0 aliphatic heterocycles. The minimum atomic E-state index is -0.254. The Balaban J connectivity index is 2.13. The van der Waals surface area contributed by atoms with Crippen LogP contribution in [0.4, 0.5) is 11.5 Å². The fraction of sp³-hybridized carbons (Fsp3) is 0.312. The number of para-hydroxylation sites is 1. The Morgan fingerprint density at radius 3 is 2.24 bits per heavy atom. The zero-order valence-corrected chi connectivity index (χ0v) is 12.8. The smallest absolute Gasteiger partial charge is 0.276 e. The average Bonchev–Trinajstić information content (AvgIpc) is 2.43. The number of aryl methyl sites for hydroxylation is 2. The molecule has 5 nitrogen and oxygen atoms in total. The molecule has 1 heterocycles. The zero-order valence-electron chi connectivity index (χ0n) is 12.8. The van der Waals surface area contributed by atoms with E-state index in [0.29, 0.717) is 11.5 Å². The number of benzene rings is 1. The maximum absolute atomic E-state index is 12.2. The summed E-state index contributed by atoms with van der Waals surface area (Å²) >= 11 is 0. The number of hydrogen-bond acceptors (Lipinski definition) is 4. The third-order valence-electron chi connectivity index (χ3n) is 3.05. The second kappa shape index (κ2) is 6.35. The molecule has 0 atom stereocenters. The van der Waals surface area contributed by atoms with E-state index >= 15 is 0 Å². The number of amides is 1. The largest absolute Gasteiger partial charge is 0.366 e. The number of carbonyl (C=O) groups is 1. The first kappa shape index (κ1) is 15.0. The summed E-state index contributed by atoms with van der Waals surface area (Å²) in [5, 5.41) is 14.0. The highest BCUT2D eigenvalue weighted by Gasteiger charge is 2.11. The van der Waals surface area contributed by atoms with Gasteiger partial charge < -0.3 is 10.6 Å². The molecule has 110 valence electrons. The van der Waals surface area contributed by atoms with Gasteiger partial charge in [0.15, 0.2) is 5.69 Å². The van der Waals surface area contributed by atoms with Gasteiger partial charge in [0.1, 0.15) is 5.82 Å². The van der Waals surface area contributed by atoms with Crippen LogP contribution in [0, 0.1) is 13.8 Å². The molecule has 0 bridgehead atoms. The summed E-state index contributed by atoms with van der Waals surface area (Å²) in [6, 6.07) is 9.59. The monoisotopic (exact) mass is 284 g/mol. The van der Waals surface area contributed by atoms with Gasteiger partial charge in [-0.2, -0.15) is 0 Å². The number of nitrogens with zero attached hydrogens (tertiary/aromatic N) is 2. The number of nitrogens with one attached hydrogen (secondary N) is 2. The van der Waals surface area contributed by atoms with Crippen LogP contribution in [0.1, 0.15) is 35.5 Å². The molecule has 1 amide bonds. The molecule has 0 unspecified atom stereocenters. The lowest BCUT2D eigenvalue weighted by Crippen LogP contribution is -2.17. The predicted octanol–water partition coefficient (Wildman–Crippen LogP) is 3.17. The maximum atomic E-state index is 12.2. The molecule has 0 aliphatic rings. The van der Waals surface area contributed by atoms with E-state index < -0.39 is 0 Å². The van der Waals surface area contributed by atoms with Gasteiger partial charge in [-0.05, 0) is 51.0 Å². The Labute approximate surface area is 124 Å². The van der Waals surface area contributed by atoms with Crippen LogP contribution >= 0.6 is 0 Å². The molecule has 5 heteroatoms. The number of anilines is 2. The molecule has 0 radical (unpaired) electrons. The van der Waals surface area contributed by atoms with Crippen molar-refractivity contribution in [3.63, 3.8) is 0 Å². The molecule has 0 aliphatic carbocycles. The first-order valence-electron chi connectivity index (χ1n) is 6.95. The number of hydrogen-bond donors (Lipinski definition) is 2. The van der Waals surface area contributed by atoms with E-state index in [9.17, 15) is 4.79 Å². The topological polar surface area (TPSA) is 66.9 Å². The van der Waals surface area contributed by atoms with Gasteiger partial charge in [0.25, 0.3) is 5.91 Å². The SMILES string of the molecule is Cc1cccc(C)c1NC(=O)c1ccc(NC(C)C)nn1. The first-order chi connectivity index (χ1) is 9.97. The van der Waals surface area contributed by atoms with E-state index in [1.54, 1.807) is 12.1 Å². The molecule has 0 spiro atoms. The van der Waals surface area contributed by atoms with Crippen molar-refractivity contribution in [3.8, 4) is 0 Å². The van der Waals surface area contributed by atoms with Crippen molar-refractivity contribution in [1.29, 1.82) is 0 Å². The van der Waals surface area contributed by atoms with Gasteiger partial charge in [-0.1, -0.05) is 18.2 Å². The minimum Gasteiger partial charge on any atom is -0.366 e. The van der Waals surface area contributed by atoms with Crippen LogP contribution in [0.25, 0.3) is 0 Å². The van der Waals surface area contributed by atoms with Gasteiger partial charge in [-0.25, -0.2) is 0 Å². The highest BCUT2D eigenvalue weighted by molar-refractivity contribution is 6.03. The lowest BCUT2D eigenvalue weighted by Gasteiger charge is -2.11. The molecular weight excluding hydrogens is 264 g/mol. The van der Waals surface area contributed by atoms with Gasteiger partial charge in [0.05, 0.1) is 0 Å². The lowest BCUT2D eigenvalue weighted by molar-refractivity contribution is 0.102. The number of rotatable bonds is 4. The van der Waals surface area contributed by atoms with E-state index in [-0.39, 0.29) is 11.9 Å². The van der Waals surface area contributed by atoms with Crippen LogP contribution in [-0.4, -0.2) is 22.1 Å². The van der Waals surface area contributed by atoms with Crippen LogP contribution in [-0.2, 0) is 0 Å². The molecule has 2 N–H and O–H groups in total. The predicted molar refractivity (Wildman–Crippen MR) is 84.7 cm³/mol. The van der Waals surface area contributed by atoms with Crippen molar-refractivity contribution in [2.45, 2.75) is 33.7 Å². The Morgan fingerprint density at radius 2 is 1.71 bits per heavy atom. The van der Waals surface area contributed by atoms with E-state index in [0.717, 1.165) is 16.8 Å². The standard InChI is InChI=1S/C16H20N4O/c1-10(2)17-14-9-8-13(19-20-14)16(21)18-15-11(3)6-5-7-12(15)4/h5-10H,1-4H3,(H,17,20)(H,18,21). The summed E-state index contributed by atoms with van der Waals surface area (Å²) in [6.45, 7) is 7.96. The van der Waals surface area contributed by atoms with Crippen molar-refractivity contribution < 1.29 is 4.79 Å². The Bertz CT molecular complexity index is 615. The van der Waals surface area contributed by atoms with Crippen molar-refractivity contribution in [2.24, 2.45) is 0 Å². The van der Waals surface area contributed by atoms with Crippen LogP contribution < -0.4 is 10.6 Å². The zero-order chi connectivity index (χ0) is 15.4. The minimum absolute atomic E-state index is 0.254. The van der Waals surface area contributed by atoms with Crippen LogP contribution in [0.5, 0.6) is 0 Å². The maximum Gasteiger partial charge on any atom is 0.276 e. The first-order valence-corrected chi connectivity index (χ1v) is 6.95. The summed E-state index contributed by atoms with van der Waals surface area (Å²) in [6.07, 6.45) is 0. The van der Waals surface area contributed by atoms with Gasteiger partial charge in [-0.15, -0.1) is 10.2 Å². The highest BCUT2D eigenvalue weighted by Crippen LogP contribution is 2.20. The molecular formula is C16H20N4O. The van der Waals surface area contributed by atoms with E-state index in [4.69, 9.17) is 0 Å². The molecule has 21 heavy (non-hydrogen) atoms. The number of carbonyl (C=O) groups excluding carboxylic acids is 1. The van der Waals surface area contributed by atoms with Crippen LogP contribution in [0.15, 0.2) is 30.3 Å². The third kappa shape index (κ3) is 3.78. The van der Waals surface area contributed by atoms with Gasteiger partial charge in [-0.3, -0.25) is 4.79 Å². The second-order valence-electron chi connectivity index (χ2n) is 5.32. The average molecular weight is 284 g/mol. The van der Waals surface area contributed by atoms with E-state index in [1.807, 2.05) is 45.9 Å². The fourth-order valence-corrected chi connectivity index (χ4v) is 2.02. The molecule has 2 rings (SSSR count). The normalized spacial score (nSPS) is 10.5. The Kier molecular flexibility index (Phi) is 4.52. The quantitative estimate of drug-likeness (QED) is 0.905. The molecule has 0 saturated heterocycles. The van der Waals surface area contributed by atoms with Gasteiger partial charge in [0, 0.05) is 11.7 Å².